The summed E-state index contributed by atoms with van der Waals surface area (Å²) in [5.41, 5.74) is 0. The topological polar surface area (TPSA) is 20.3 Å². The number of hydrogen-bond acceptors (Lipinski definition) is 2. The van der Waals surface area contributed by atoms with E-state index in [1.807, 2.05) is 0 Å². The minimum Gasteiger partial charge on any atom is -0.317 e. The number of carbonyl (C=O) groups excluding carboxylic acids is 1. The summed E-state index contributed by atoms with van der Waals surface area (Å²) >= 11 is -0.0775. The molecular formula is C6H6F5NOS. The van der Waals surface area contributed by atoms with Gasteiger partial charge in [-0.3, -0.25) is 4.79 Å². The zero-order valence-corrected chi connectivity index (χ0v) is 7.75. The molecule has 0 saturated carbocycles. The first kappa shape index (κ1) is 11.5. The molecule has 1 fully saturated rings. The van der Waals surface area contributed by atoms with Crippen molar-refractivity contribution in [2.75, 3.05) is 12.8 Å². The lowest BCUT2D eigenvalue weighted by molar-refractivity contribution is -0.223. The van der Waals surface area contributed by atoms with Crippen LogP contribution in [0.2, 0.25) is 0 Å². The highest BCUT2D eigenvalue weighted by molar-refractivity contribution is 8.01. The molecule has 0 N–H and O–H groups in total. The van der Waals surface area contributed by atoms with Crippen molar-refractivity contribution in [2.24, 2.45) is 0 Å². The highest BCUT2D eigenvalue weighted by Gasteiger charge is 2.68. The Morgan fingerprint density at radius 3 is 2.14 bits per heavy atom. The van der Waals surface area contributed by atoms with Crippen LogP contribution < -0.4 is 0 Å². The lowest BCUT2D eigenvalue weighted by Gasteiger charge is -2.35. The van der Waals surface area contributed by atoms with E-state index >= 15 is 0 Å². The smallest absolute Gasteiger partial charge is 0.317 e. The van der Waals surface area contributed by atoms with E-state index in [1.165, 1.54) is 0 Å². The zero-order chi connectivity index (χ0) is 11.1. The van der Waals surface area contributed by atoms with E-state index in [1.54, 1.807) is 0 Å². The molecule has 1 atom stereocenters. The molecule has 8 heteroatoms. The van der Waals surface area contributed by atoms with Gasteiger partial charge in [-0.15, -0.1) is 11.8 Å². The molecule has 2 nitrogen and oxygen atoms in total. The molecule has 0 aliphatic carbocycles. The van der Waals surface area contributed by atoms with Crippen LogP contribution in [0.25, 0.3) is 0 Å². The highest BCUT2D eigenvalue weighted by Crippen LogP contribution is 2.51. The van der Waals surface area contributed by atoms with Crippen LogP contribution in [0.1, 0.15) is 0 Å². The molecule has 0 aromatic carbocycles. The van der Waals surface area contributed by atoms with Gasteiger partial charge in [0.15, 0.2) is 0 Å². The Balaban J connectivity index is 3.13. The maximum Gasteiger partial charge on any atom is 0.427 e. The van der Waals surface area contributed by atoms with E-state index in [4.69, 9.17) is 0 Å². The molecule has 1 rings (SSSR count). The molecule has 1 saturated heterocycles. The molecule has 0 bridgehead atoms. The predicted octanol–water partition coefficient (Wildman–Crippen LogP) is 1.72. The normalized spacial score (nSPS) is 29.1. The number of rotatable bonds is 1. The highest BCUT2D eigenvalue weighted by atomic mass is 32.2. The summed E-state index contributed by atoms with van der Waals surface area (Å²) in [6, 6.07) is 0. The van der Waals surface area contributed by atoms with Crippen LogP contribution in [0, 0.1) is 0 Å². The van der Waals surface area contributed by atoms with Gasteiger partial charge in [0.25, 0.3) is 6.43 Å². The second-order valence-electron chi connectivity index (χ2n) is 2.74. The minimum atomic E-state index is -5.13. The van der Waals surface area contributed by atoms with Crippen molar-refractivity contribution in [1.82, 2.24) is 4.90 Å². The molecule has 1 heterocycles. The third-order valence-corrected chi connectivity index (χ3v) is 3.50. The summed E-state index contributed by atoms with van der Waals surface area (Å²) in [6.45, 7) is 0. The molecule has 0 aromatic rings. The Morgan fingerprint density at radius 1 is 1.50 bits per heavy atom. The Kier molecular flexibility index (Phi) is 2.68. The van der Waals surface area contributed by atoms with Crippen molar-refractivity contribution in [3.05, 3.63) is 0 Å². The van der Waals surface area contributed by atoms with Gasteiger partial charge in [0, 0.05) is 7.05 Å². The SMILES string of the molecule is CN1C(=O)CSC1(C(F)F)C(F)(F)F. The third kappa shape index (κ3) is 1.35. The van der Waals surface area contributed by atoms with E-state index in [0.717, 1.165) is 7.05 Å². The maximum absolute atomic E-state index is 12.4. The average Bonchev–Trinajstić information content (AvgIpc) is 2.28. The van der Waals surface area contributed by atoms with E-state index in [2.05, 4.69) is 0 Å². The van der Waals surface area contributed by atoms with Crippen molar-refractivity contribution < 1.29 is 26.7 Å². The summed E-state index contributed by atoms with van der Waals surface area (Å²) in [6.07, 6.45) is -8.78. The number of amides is 1. The monoisotopic (exact) mass is 235 g/mol. The van der Waals surface area contributed by atoms with Crippen molar-refractivity contribution in [3.63, 3.8) is 0 Å². The number of halogens is 5. The maximum atomic E-state index is 12.4. The van der Waals surface area contributed by atoms with Crippen LogP contribution in [0.5, 0.6) is 0 Å². The molecule has 1 aliphatic rings. The van der Waals surface area contributed by atoms with Crippen LogP contribution >= 0.6 is 11.8 Å². The van der Waals surface area contributed by atoms with Crippen LogP contribution in [0.3, 0.4) is 0 Å². The van der Waals surface area contributed by atoms with Crippen LogP contribution in [-0.2, 0) is 4.79 Å². The van der Waals surface area contributed by atoms with Crippen LogP contribution in [0.15, 0.2) is 0 Å². The summed E-state index contributed by atoms with van der Waals surface area (Å²) in [4.78, 5) is 7.51. The number of alkyl halides is 5. The Hall–Kier alpha value is -0.530. The summed E-state index contributed by atoms with van der Waals surface area (Å²) in [5, 5.41) is 0. The molecule has 0 aromatic heterocycles. The summed E-state index contributed by atoms with van der Waals surface area (Å²) in [7, 11) is 0.738. The lowest BCUT2D eigenvalue weighted by Crippen LogP contribution is -2.57. The summed E-state index contributed by atoms with van der Waals surface area (Å²) < 4.78 is 61.9. The Morgan fingerprint density at radius 2 is 2.00 bits per heavy atom. The minimum absolute atomic E-state index is 0.0718. The average molecular weight is 235 g/mol. The lowest BCUT2D eigenvalue weighted by atomic mass is 10.2. The van der Waals surface area contributed by atoms with Gasteiger partial charge in [0.05, 0.1) is 5.75 Å². The quantitative estimate of drug-likeness (QED) is 0.645. The molecule has 0 radical (unpaired) electrons. The van der Waals surface area contributed by atoms with Gasteiger partial charge in [0.2, 0.25) is 10.8 Å². The van der Waals surface area contributed by atoms with E-state index in [-0.39, 0.29) is 16.7 Å². The summed E-state index contributed by atoms with van der Waals surface area (Å²) in [5.74, 6) is -1.51. The molecular weight excluding hydrogens is 229 g/mol. The van der Waals surface area contributed by atoms with Gasteiger partial charge < -0.3 is 4.90 Å². The van der Waals surface area contributed by atoms with Crippen molar-refractivity contribution >= 4 is 17.7 Å². The van der Waals surface area contributed by atoms with E-state index in [0.29, 0.717) is 0 Å². The van der Waals surface area contributed by atoms with Gasteiger partial charge in [-0.2, -0.15) is 13.2 Å². The van der Waals surface area contributed by atoms with Crippen molar-refractivity contribution in [2.45, 2.75) is 17.5 Å². The number of thioether (sulfide) groups is 1. The molecule has 0 spiro atoms. The van der Waals surface area contributed by atoms with Gasteiger partial charge in [-0.05, 0) is 0 Å². The fourth-order valence-electron chi connectivity index (χ4n) is 1.16. The number of carbonyl (C=O) groups is 1. The fourth-order valence-corrected chi connectivity index (χ4v) is 2.28. The van der Waals surface area contributed by atoms with Crippen molar-refractivity contribution in [1.29, 1.82) is 0 Å². The standard InChI is InChI=1S/C6H6F5NOS/c1-12-3(13)2-14-5(12,4(7)8)6(9,10)11/h4H,2H2,1H3. The Bertz CT molecular complexity index is 255. The molecule has 14 heavy (non-hydrogen) atoms. The first-order chi connectivity index (χ1) is 6.23. The molecule has 1 unspecified atom stereocenters. The third-order valence-electron chi connectivity index (χ3n) is 1.99. The molecule has 82 valence electrons. The molecule has 1 amide bonds. The zero-order valence-electron chi connectivity index (χ0n) is 6.94. The largest absolute Gasteiger partial charge is 0.427 e. The first-order valence-corrected chi connectivity index (χ1v) is 4.47. The second-order valence-corrected chi connectivity index (χ2v) is 3.94. The molecule has 1 aliphatic heterocycles. The number of hydrogen-bond donors (Lipinski definition) is 0. The van der Waals surface area contributed by atoms with Gasteiger partial charge in [-0.1, -0.05) is 0 Å². The van der Waals surface area contributed by atoms with E-state index in [9.17, 15) is 26.7 Å². The number of nitrogens with zero attached hydrogens (tertiary/aromatic N) is 1. The predicted molar refractivity (Wildman–Crippen MR) is 40.0 cm³/mol. The van der Waals surface area contributed by atoms with Gasteiger partial charge in [0.1, 0.15) is 0 Å². The van der Waals surface area contributed by atoms with Crippen LogP contribution in [0.4, 0.5) is 22.0 Å². The van der Waals surface area contributed by atoms with E-state index < -0.39 is 29.1 Å². The Labute approximate surface area is 80.4 Å². The van der Waals surface area contributed by atoms with Gasteiger partial charge in [-0.25, -0.2) is 8.78 Å². The van der Waals surface area contributed by atoms with Crippen LogP contribution in [-0.4, -0.2) is 41.1 Å². The van der Waals surface area contributed by atoms with Crippen molar-refractivity contribution in [3.8, 4) is 0 Å². The van der Waals surface area contributed by atoms with Gasteiger partial charge >= 0.3 is 6.18 Å². The second kappa shape index (κ2) is 3.25. The fraction of sp³-hybridized carbons (Fsp3) is 0.833. The first-order valence-electron chi connectivity index (χ1n) is 3.49.